The van der Waals surface area contributed by atoms with Gasteiger partial charge in [0.15, 0.2) is 0 Å². The molecule has 0 saturated carbocycles. The largest absolute Gasteiger partial charge is 0.497 e. The van der Waals surface area contributed by atoms with Crippen LogP contribution < -0.4 is 28.4 Å². The van der Waals surface area contributed by atoms with Gasteiger partial charge < -0.3 is 28.4 Å². The van der Waals surface area contributed by atoms with Crippen molar-refractivity contribution in [3.8, 4) is 34.5 Å². The zero-order chi connectivity index (χ0) is 22.9. The minimum absolute atomic E-state index is 0.367. The molecule has 170 valence electrons. The van der Waals surface area contributed by atoms with E-state index in [1.165, 1.54) is 0 Å². The molecule has 0 aromatic heterocycles. The predicted molar refractivity (Wildman–Crippen MR) is 127 cm³/mol. The fraction of sp³-hybridized carbons (Fsp3) is 0.280. The molecule has 0 amide bonds. The summed E-state index contributed by atoms with van der Waals surface area (Å²) in [5, 5.41) is 0.681. The zero-order valence-corrected chi connectivity index (χ0v) is 20.2. The van der Waals surface area contributed by atoms with Crippen molar-refractivity contribution in [3.05, 3.63) is 71.3 Å². The van der Waals surface area contributed by atoms with E-state index in [4.69, 9.17) is 28.4 Å². The summed E-state index contributed by atoms with van der Waals surface area (Å²) in [5.74, 6) is 4.29. The summed E-state index contributed by atoms with van der Waals surface area (Å²) >= 11 is 3.52. The van der Waals surface area contributed by atoms with Crippen molar-refractivity contribution in [3.63, 3.8) is 0 Å². The number of hydrogen-bond acceptors (Lipinski definition) is 6. The zero-order valence-electron chi connectivity index (χ0n) is 18.6. The van der Waals surface area contributed by atoms with E-state index in [1.54, 1.807) is 28.4 Å². The highest BCUT2D eigenvalue weighted by atomic mass is 79.9. The van der Waals surface area contributed by atoms with Crippen LogP contribution >= 0.6 is 15.9 Å². The molecule has 0 aliphatic heterocycles. The van der Waals surface area contributed by atoms with Gasteiger partial charge in [0.05, 0.1) is 28.4 Å². The van der Waals surface area contributed by atoms with Crippen molar-refractivity contribution >= 4 is 15.9 Å². The average Bonchev–Trinajstić information content (AvgIpc) is 2.85. The summed E-state index contributed by atoms with van der Waals surface area (Å²) in [6, 6.07) is 17.2. The summed E-state index contributed by atoms with van der Waals surface area (Å²) in [4.78, 5) is 0. The van der Waals surface area contributed by atoms with Crippen LogP contribution in [0.3, 0.4) is 0 Å². The van der Waals surface area contributed by atoms with Gasteiger partial charge in [-0.2, -0.15) is 0 Å². The quantitative estimate of drug-likeness (QED) is 0.310. The lowest BCUT2D eigenvalue weighted by Crippen LogP contribution is -2.00. The second-order valence-electron chi connectivity index (χ2n) is 6.97. The lowest BCUT2D eigenvalue weighted by atomic mass is 10.2. The standard InChI is InChI=1S/C25H27BrO6/c1-27-20-7-18(8-21(11-20)28-2)15-31-24-5-17(14-26)6-25(13-24)32-16-19-9-22(29-3)12-23(10-19)30-4/h5-13H,14-16H2,1-4H3. The van der Waals surface area contributed by atoms with E-state index >= 15 is 0 Å². The third-order valence-corrected chi connectivity index (χ3v) is 5.38. The molecule has 0 aliphatic carbocycles. The Bertz CT molecular complexity index is 915. The highest BCUT2D eigenvalue weighted by molar-refractivity contribution is 9.08. The maximum absolute atomic E-state index is 6.05. The first-order valence-corrected chi connectivity index (χ1v) is 11.1. The van der Waals surface area contributed by atoms with Crippen molar-refractivity contribution in [1.29, 1.82) is 0 Å². The Labute approximate surface area is 197 Å². The fourth-order valence-electron chi connectivity index (χ4n) is 3.11. The molecule has 0 unspecified atom stereocenters. The number of methoxy groups -OCH3 is 4. The van der Waals surface area contributed by atoms with E-state index < -0.39 is 0 Å². The number of rotatable bonds is 11. The normalized spacial score (nSPS) is 10.4. The van der Waals surface area contributed by atoms with E-state index in [2.05, 4.69) is 15.9 Å². The second kappa shape index (κ2) is 11.5. The van der Waals surface area contributed by atoms with Crippen LogP contribution in [0, 0.1) is 0 Å². The van der Waals surface area contributed by atoms with Crippen molar-refractivity contribution in [2.45, 2.75) is 18.5 Å². The molecule has 0 atom stereocenters. The minimum atomic E-state index is 0.367. The number of alkyl halides is 1. The molecule has 6 nitrogen and oxygen atoms in total. The van der Waals surface area contributed by atoms with Gasteiger partial charge in [-0.1, -0.05) is 15.9 Å². The van der Waals surface area contributed by atoms with Crippen LogP contribution in [-0.4, -0.2) is 28.4 Å². The smallest absolute Gasteiger partial charge is 0.123 e. The number of halogens is 1. The molecular weight excluding hydrogens is 476 g/mol. The molecule has 3 aromatic rings. The van der Waals surface area contributed by atoms with Crippen LogP contribution in [0.5, 0.6) is 34.5 Å². The molecule has 3 rings (SSSR count). The Kier molecular flexibility index (Phi) is 8.50. The third-order valence-electron chi connectivity index (χ3n) is 4.73. The number of ether oxygens (including phenoxy) is 6. The highest BCUT2D eigenvalue weighted by Gasteiger charge is 2.08. The highest BCUT2D eigenvalue weighted by Crippen LogP contribution is 2.29. The minimum Gasteiger partial charge on any atom is -0.497 e. The van der Waals surface area contributed by atoms with Gasteiger partial charge in [-0.05, 0) is 53.1 Å². The Balaban J connectivity index is 1.73. The predicted octanol–water partition coefficient (Wildman–Crippen LogP) is 5.77. The molecule has 7 heteroatoms. The maximum Gasteiger partial charge on any atom is 0.123 e. The van der Waals surface area contributed by atoms with Crippen LogP contribution in [0.2, 0.25) is 0 Å². The molecule has 0 bridgehead atoms. The van der Waals surface area contributed by atoms with Gasteiger partial charge in [0, 0.05) is 23.5 Å². The van der Waals surface area contributed by atoms with Crippen molar-refractivity contribution < 1.29 is 28.4 Å². The fourth-order valence-corrected chi connectivity index (χ4v) is 3.43. The molecule has 0 N–H and O–H groups in total. The number of hydrogen-bond donors (Lipinski definition) is 0. The SMILES string of the molecule is COc1cc(COc2cc(CBr)cc(OCc3cc(OC)cc(OC)c3)c2)cc(OC)c1. The molecule has 0 saturated heterocycles. The summed E-state index contributed by atoms with van der Waals surface area (Å²) in [6.07, 6.45) is 0. The first-order valence-electron chi connectivity index (χ1n) is 9.96. The Morgan fingerprint density at radius 1 is 0.469 bits per heavy atom. The Morgan fingerprint density at radius 2 is 0.781 bits per heavy atom. The van der Waals surface area contributed by atoms with Crippen molar-refractivity contribution in [2.75, 3.05) is 28.4 Å². The molecular formula is C25H27BrO6. The van der Waals surface area contributed by atoms with E-state index in [9.17, 15) is 0 Å². The molecule has 0 aliphatic rings. The molecule has 3 aromatic carbocycles. The molecule has 0 fully saturated rings. The van der Waals surface area contributed by atoms with Gasteiger partial charge >= 0.3 is 0 Å². The summed E-state index contributed by atoms with van der Waals surface area (Å²) in [6.45, 7) is 0.734. The van der Waals surface area contributed by atoms with Crippen molar-refractivity contribution in [1.82, 2.24) is 0 Å². The van der Waals surface area contributed by atoms with E-state index in [-0.39, 0.29) is 0 Å². The van der Waals surface area contributed by atoms with E-state index in [1.807, 2.05) is 54.6 Å². The molecule has 0 radical (unpaired) electrons. The number of benzene rings is 3. The summed E-state index contributed by atoms with van der Waals surface area (Å²) in [7, 11) is 6.50. The van der Waals surface area contributed by atoms with Gasteiger partial charge in [0.2, 0.25) is 0 Å². The molecule has 0 spiro atoms. The van der Waals surface area contributed by atoms with E-state index in [0.717, 1.165) is 39.7 Å². The maximum atomic E-state index is 6.05. The van der Waals surface area contributed by atoms with Crippen LogP contribution in [0.4, 0.5) is 0 Å². The topological polar surface area (TPSA) is 55.4 Å². The molecule has 32 heavy (non-hydrogen) atoms. The first-order chi connectivity index (χ1) is 15.6. The van der Waals surface area contributed by atoms with Crippen LogP contribution in [-0.2, 0) is 18.5 Å². The second-order valence-corrected chi connectivity index (χ2v) is 7.53. The summed E-state index contributed by atoms with van der Waals surface area (Å²) < 4.78 is 33.4. The monoisotopic (exact) mass is 502 g/mol. The van der Waals surface area contributed by atoms with Gasteiger partial charge in [-0.3, -0.25) is 0 Å². The first kappa shape index (κ1) is 23.6. The Morgan fingerprint density at radius 3 is 1.09 bits per heavy atom. The Hall–Kier alpha value is -3.06. The van der Waals surface area contributed by atoms with Crippen molar-refractivity contribution in [2.24, 2.45) is 0 Å². The van der Waals surface area contributed by atoms with Gasteiger partial charge in [-0.25, -0.2) is 0 Å². The lowest BCUT2D eigenvalue weighted by molar-refractivity contribution is 0.287. The van der Waals surface area contributed by atoms with Gasteiger partial charge in [0.25, 0.3) is 0 Å². The average molecular weight is 503 g/mol. The molecule has 0 heterocycles. The lowest BCUT2D eigenvalue weighted by Gasteiger charge is -2.14. The van der Waals surface area contributed by atoms with Crippen LogP contribution in [0.15, 0.2) is 54.6 Å². The van der Waals surface area contributed by atoms with Crippen LogP contribution in [0.1, 0.15) is 16.7 Å². The van der Waals surface area contributed by atoms with Crippen LogP contribution in [0.25, 0.3) is 0 Å². The summed E-state index contributed by atoms with van der Waals surface area (Å²) in [5.41, 5.74) is 2.93. The third kappa shape index (κ3) is 6.47. The van der Waals surface area contributed by atoms with E-state index in [0.29, 0.717) is 30.0 Å². The van der Waals surface area contributed by atoms with Gasteiger partial charge in [-0.15, -0.1) is 0 Å². The van der Waals surface area contributed by atoms with Gasteiger partial charge in [0.1, 0.15) is 47.7 Å².